The van der Waals surface area contributed by atoms with Crippen LogP contribution in [0.25, 0.3) is 0 Å². The molecular formula is C17H19ClFN. The van der Waals surface area contributed by atoms with E-state index in [4.69, 9.17) is 17.3 Å². The van der Waals surface area contributed by atoms with Crippen molar-refractivity contribution in [3.8, 4) is 0 Å². The Morgan fingerprint density at radius 2 is 1.90 bits per heavy atom. The molecule has 0 saturated carbocycles. The van der Waals surface area contributed by atoms with Gasteiger partial charge in [-0.25, -0.2) is 4.39 Å². The Bertz CT molecular complexity index is 590. The van der Waals surface area contributed by atoms with E-state index in [2.05, 4.69) is 32.0 Å². The third-order valence-corrected chi connectivity index (χ3v) is 3.87. The summed E-state index contributed by atoms with van der Waals surface area (Å²) in [7, 11) is 0. The van der Waals surface area contributed by atoms with Crippen molar-refractivity contribution >= 4 is 11.6 Å². The Labute approximate surface area is 124 Å². The molecule has 0 radical (unpaired) electrons. The fourth-order valence-electron chi connectivity index (χ4n) is 2.36. The molecule has 2 aromatic carbocycles. The monoisotopic (exact) mass is 291 g/mol. The quantitative estimate of drug-likeness (QED) is 0.897. The molecule has 3 heteroatoms. The summed E-state index contributed by atoms with van der Waals surface area (Å²) in [6.07, 6.45) is 1.16. The summed E-state index contributed by atoms with van der Waals surface area (Å²) in [6, 6.07) is 10.9. The van der Waals surface area contributed by atoms with Crippen LogP contribution in [-0.4, -0.2) is 6.04 Å². The van der Waals surface area contributed by atoms with Gasteiger partial charge < -0.3 is 5.73 Å². The molecule has 0 fully saturated rings. The largest absolute Gasteiger partial charge is 0.327 e. The summed E-state index contributed by atoms with van der Waals surface area (Å²) < 4.78 is 13.8. The van der Waals surface area contributed by atoms with Crippen molar-refractivity contribution < 1.29 is 4.39 Å². The van der Waals surface area contributed by atoms with Crippen LogP contribution in [-0.2, 0) is 12.8 Å². The highest BCUT2D eigenvalue weighted by atomic mass is 35.5. The van der Waals surface area contributed by atoms with Gasteiger partial charge in [0.1, 0.15) is 5.82 Å². The third kappa shape index (κ3) is 3.59. The first kappa shape index (κ1) is 15.0. The lowest BCUT2D eigenvalue weighted by Gasteiger charge is -2.15. The fraction of sp³-hybridized carbons (Fsp3) is 0.294. The van der Waals surface area contributed by atoms with Gasteiger partial charge in [-0.05, 0) is 49.9 Å². The van der Waals surface area contributed by atoms with E-state index in [0.29, 0.717) is 17.0 Å². The molecule has 0 aliphatic heterocycles. The van der Waals surface area contributed by atoms with Gasteiger partial charge in [0.15, 0.2) is 0 Å². The van der Waals surface area contributed by atoms with E-state index in [-0.39, 0.29) is 11.9 Å². The van der Waals surface area contributed by atoms with Gasteiger partial charge in [0.25, 0.3) is 0 Å². The molecular weight excluding hydrogens is 273 g/mol. The van der Waals surface area contributed by atoms with Crippen LogP contribution < -0.4 is 5.73 Å². The second-order valence-electron chi connectivity index (χ2n) is 5.30. The van der Waals surface area contributed by atoms with Gasteiger partial charge in [-0.2, -0.15) is 0 Å². The van der Waals surface area contributed by atoms with Gasteiger partial charge in [-0.15, -0.1) is 0 Å². The Balaban J connectivity index is 2.13. The molecule has 0 aliphatic carbocycles. The van der Waals surface area contributed by atoms with Crippen LogP contribution in [0.15, 0.2) is 36.4 Å². The zero-order valence-corrected chi connectivity index (χ0v) is 12.5. The van der Waals surface area contributed by atoms with E-state index in [0.717, 1.165) is 6.42 Å². The highest BCUT2D eigenvalue weighted by Crippen LogP contribution is 2.21. The molecule has 1 atom stereocenters. The minimum Gasteiger partial charge on any atom is -0.327 e. The van der Waals surface area contributed by atoms with Crippen LogP contribution in [0, 0.1) is 19.7 Å². The van der Waals surface area contributed by atoms with Crippen molar-refractivity contribution in [3.05, 3.63) is 69.5 Å². The first-order valence-corrected chi connectivity index (χ1v) is 7.09. The SMILES string of the molecule is Cc1ccc(C)c(CC(N)Cc2c(F)cccc2Cl)c1. The predicted molar refractivity (Wildman–Crippen MR) is 82.7 cm³/mol. The van der Waals surface area contributed by atoms with Crippen molar-refractivity contribution in [2.24, 2.45) is 5.73 Å². The van der Waals surface area contributed by atoms with E-state index >= 15 is 0 Å². The normalized spacial score (nSPS) is 12.4. The van der Waals surface area contributed by atoms with Crippen LogP contribution in [0.3, 0.4) is 0 Å². The maximum atomic E-state index is 13.8. The molecule has 2 N–H and O–H groups in total. The third-order valence-electron chi connectivity index (χ3n) is 3.51. The number of aryl methyl sites for hydroxylation is 2. The molecule has 0 amide bonds. The van der Waals surface area contributed by atoms with Gasteiger partial charge in [0.05, 0.1) is 0 Å². The van der Waals surface area contributed by atoms with Gasteiger partial charge in [0.2, 0.25) is 0 Å². The number of hydrogen-bond acceptors (Lipinski definition) is 1. The predicted octanol–water partition coefficient (Wildman–Crippen LogP) is 4.21. The van der Waals surface area contributed by atoms with E-state index < -0.39 is 0 Å². The summed E-state index contributed by atoms with van der Waals surface area (Å²) in [5, 5.41) is 0.446. The van der Waals surface area contributed by atoms with E-state index in [1.54, 1.807) is 12.1 Å². The Morgan fingerprint density at radius 1 is 1.15 bits per heavy atom. The Kier molecular flexibility index (Phi) is 4.79. The van der Waals surface area contributed by atoms with Crippen molar-refractivity contribution in [2.45, 2.75) is 32.7 Å². The van der Waals surface area contributed by atoms with Crippen molar-refractivity contribution in [3.63, 3.8) is 0 Å². The van der Waals surface area contributed by atoms with Gasteiger partial charge in [-0.1, -0.05) is 41.4 Å². The molecule has 0 aromatic heterocycles. The van der Waals surface area contributed by atoms with Gasteiger partial charge in [-0.3, -0.25) is 0 Å². The molecule has 20 heavy (non-hydrogen) atoms. The number of benzene rings is 2. The lowest BCUT2D eigenvalue weighted by Crippen LogP contribution is -2.26. The lowest BCUT2D eigenvalue weighted by atomic mass is 9.95. The van der Waals surface area contributed by atoms with E-state index in [1.807, 2.05) is 0 Å². The average molecular weight is 292 g/mol. The molecule has 1 nitrogen and oxygen atoms in total. The lowest BCUT2D eigenvalue weighted by molar-refractivity contribution is 0.583. The topological polar surface area (TPSA) is 26.0 Å². The molecule has 0 aliphatic rings. The number of halogens is 2. The molecule has 2 rings (SSSR count). The van der Waals surface area contributed by atoms with Crippen LogP contribution in [0.4, 0.5) is 4.39 Å². The zero-order chi connectivity index (χ0) is 14.7. The van der Waals surface area contributed by atoms with Crippen LogP contribution in [0.5, 0.6) is 0 Å². The Morgan fingerprint density at radius 3 is 2.60 bits per heavy atom. The maximum Gasteiger partial charge on any atom is 0.127 e. The zero-order valence-electron chi connectivity index (χ0n) is 11.8. The molecule has 0 saturated heterocycles. The highest BCUT2D eigenvalue weighted by Gasteiger charge is 2.13. The number of rotatable bonds is 4. The summed E-state index contributed by atoms with van der Waals surface area (Å²) in [5.74, 6) is -0.283. The van der Waals surface area contributed by atoms with Crippen molar-refractivity contribution in [2.75, 3.05) is 0 Å². The average Bonchev–Trinajstić information content (AvgIpc) is 2.38. The van der Waals surface area contributed by atoms with Crippen molar-refractivity contribution in [1.82, 2.24) is 0 Å². The van der Waals surface area contributed by atoms with Crippen molar-refractivity contribution in [1.29, 1.82) is 0 Å². The minimum atomic E-state index is -0.283. The Hall–Kier alpha value is -1.38. The molecule has 106 valence electrons. The molecule has 1 unspecified atom stereocenters. The summed E-state index contributed by atoms with van der Waals surface area (Å²) in [4.78, 5) is 0. The summed E-state index contributed by atoms with van der Waals surface area (Å²) in [6.45, 7) is 4.12. The number of hydrogen-bond donors (Lipinski definition) is 1. The molecule has 0 bridgehead atoms. The van der Waals surface area contributed by atoms with Crippen LogP contribution in [0.2, 0.25) is 5.02 Å². The summed E-state index contributed by atoms with van der Waals surface area (Å²) in [5.41, 5.74) is 10.3. The second kappa shape index (κ2) is 6.38. The minimum absolute atomic E-state index is 0.148. The molecule has 0 spiro atoms. The first-order valence-electron chi connectivity index (χ1n) is 6.72. The maximum absolute atomic E-state index is 13.8. The molecule has 0 heterocycles. The molecule has 2 aromatic rings. The number of nitrogens with two attached hydrogens (primary N) is 1. The van der Waals surface area contributed by atoms with Crippen LogP contribution in [0.1, 0.15) is 22.3 Å². The van der Waals surface area contributed by atoms with E-state index in [9.17, 15) is 4.39 Å². The second-order valence-corrected chi connectivity index (χ2v) is 5.71. The smallest absolute Gasteiger partial charge is 0.127 e. The van der Waals surface area contributed by atoms with Crippen LogP contribution >= 0.6 is 11.6 Å². The fourth-order valence-corrected chi connectivity index (χ4v) is 2.60. The first-order chi connectivity index (χ1) is 9.47. The standard InChI is InChI=1S/C17H19ClFN/c1-11-6-7-12(2)13(8-11)9-14(20)10-15-16(18)4-3-5-17(15)19/h3-8,14H,9-10,20H2,1-2H3. The van der Waals surface area contributed by atoms with E-state index in [1.165, 1.54) is 22.8 Å². The van der Waals surface area contributed by atoms with Gasteiger partial charge >= 0.3 is 0 Å². The summed E-state index contributed by atoms with van der Waals surface area (Å²) >= 11 is 6.04. The highest BCUT2D eigenvalue weighted by molar-refractivity contribution is 6.31. The van der Waals surface area contributed by atoms with Gasteiger partial charge in [0, 0.05) is 16.6 Å².